The molecule has 1 aromatic rings. The van der Waals surface area contributed by atoms with Crippen molar-refractivity contribution >= 4 is 9.84 Å². The minimum Gasteiger partial charge on any atom is -0.508 e. The average molecular weight is 363 g/mol. The van der Waals surface area contributed by atoms with Crippen LogP contribution in [0.15, 0.2) is 23.1 Å². The molecule has 0 radical (unpaired) electrons. The normalized spacial score (nSPS) is 41.3. The molecule has 2 aliphatic carbocycles. The van der Waals surface area contributed by atoms with E-state index < -0.39 is 9.84 Å². The Labute approximate surface area is 151 Å². The number of hydrogen-bond donors (Lipinski definition) is 1. The highest BCUT2D eigenvalue weighted by Gasteiger charge is 2.61. The van der Waals surface area contributed by atoms with E-state index in [2.05, 4.69) is 27.7 Å². The lowest BCUT2D eigenvalue weighted by Gasteiger charge is -2.63. The maximum Gasteiger partial charge on any atom is 0.179 e. The Balaban J connectivity index is 1.91. The lowest BCUT2D eigenvalue weighted by molar-refractivity contribution is -0.0981. The topological polar surface area (TPSA) is 54.4 Å². The monoisotopic (exact) mass is 362 g/mol. The van der Waals surface area contributed by atoms with Crippen LogP contribution in [0.25, 0.3) is 0 Å². The summed E-state index contributed by atoms with van der Waals surface area (Å²) in [6.45, 7) is 9.38. The van der Waals surface area contributed by atoms with Crippen LogP contribution in [0.4, 0.5) is 0 Å². The molecule has 1 aromatic carbocycles. The number of phenolic OH excluding ortho intramolecular Hbond substituents is 1. The van der Waals surface area contributed by atoms with Gasteiger partial charge in [0, 0.05) is 0 Å². The van der Waals surface area contributed by atoms with E-state index in [1.165, 1.54) is 18.9 Å². The van der Waals surface area contributed by atoms with Gasteiger partial charge in [0.2, 0.25) is 0 Å². The Hall–Kier alpha value is -1.03. The van der Waals surface area contributed by atoms with Gasteiger partial charge in [-0.05, 0) is 71.5 Å². The standard InChI is InChI=1S/C21H30O3S/c1-19(2)9-5-10-21(4)17(19)8-11-20(3)15-7-6-14(22)12-16(15)25(23,24)13-18(20)21/h6-7,12,17-18,22H,5,8-11,13H2,1-4H3. The van der Waals surface area contributed by atoms with Crippen LogP contribution in [-0.4, -0.2) is 19.3 Å². The van der Waals surface area contributed by atoms with Crippen molar-refractivity contribution in [3.63, 3.8) is 0 Å². The largest absolute Gasteiger partial charge is 0.508 e. The first-order chi connectivity index (χ1) is 11.5. The molecule has 0 aromatic heterocycles. The van der Waals surface area contributed by atoms with E-state index in [1.54, 1.807) is 6.07 Å². The second-order valence-electron chi connectivity index (χ2n) is 9.87. The van der Waals surface area contributed by atoms with Crippen LogP contribution in [0.3, 0.4) is 0 Å². The molecule has 0 bridgehead atoms. The van der Waals surface area contributed by atoms with E-state index in [9.17, 15) is 13.5 Å². The molecule has 2 fully saturated rings. The van der Waals surface area contributed by atoms with Gasteiger partial charge in [0.1, 0.15) is 5.75 Å². The van der Waals surface area contributed by atoms with Crippen molar-refractivity contribution < 1.29 is 13.5 Å². The molecule has 1 heterocycles. The number of fused-ring (bicyclic) bond motifs is 5. The lowest BCUT2D eigenvalue weighted by atomic mass is 9.43. The molecule has 0 spiro atoms. The van der Waals surface area contributed by atoms with Gasteiger partial charge in [-0.25, -0.2) is 8.42 Å². The van der Waals surface area contributed by atoms with Gasteiger partial charge in [-0.1, -0.05) is 40.2 Å². The summed E-state index contributed by atoms with van der Waals surface area (Å²) in [6.07, 6.45) is 5.76. The maximum absolute atomic E-state index is 13.1. The smallest absolute Gasteiger partial charge is 0.179 e. The van der Waals surface area contributed by atoms with Crippen LogP contribution in [0.2, 0.25) is 0 Å². The molecule has 2 saturated carbocycles. The predicted molar refractivity (Wildman–Crippen MR) is 99.5 cm³/mol. The second-order valence-corrected chi connectivity index (χ2v) is 11.9. The Kier molecular flexibility index (Phi) is 3.50. The lowest BCUT2D eigenvalue weighted by Crippen LogP contribution is -2.59. The highest BCUT2D eigenvalue weighted by Crippen LogP contribution is 2.66. The summed E-state index contributed by atoms with van der Waals surface area (Å²) < 4.78 is 26.2. The third-order valence-electron chi connectivity index (χ3n) is 8.10. The molecule has 4 atom stereocenters. The number of sulfone groups is 1. The summed E-state index contributed by atoms with van der Waals surface area (Å²) in [5.74, 6) is 1.01. The molecule has 0 amide bonds. The van der Waals surface area contributed by atoms with Crippen LogP contribution in [0, 0.1) is 22.7 Å². The minimum absolute atomic E-state index is 0.0445. The fraction of sp³-hybridized carbons (Fsp3) is 0.714. The number of rotatable bonds is 0. The van der Waals surface area contributed by atoms with Gasteiger partial charge in [0.05, 0.1) is 10.6 Å². The van der Waals surface area contributed by atoms with Crippen LogP contribution in [-0.2, 0) is 15.3 Å². The Morgan fingerprint density at radius 3 is 2.48 bits per heavy atom. The Morgan fingerprint density at radius 1 is 1.04 bits per heavy atom. The number of hydrogen-bond acceptors (Lipinski definition) is 3. The Bertz CT molecular complexity index is 826. The van der Waals surface area contributed by atoms with Gasteiger partial charge < -0.3 is 5.11 Å². The molecule has 4 unspecified atom stereocenters. The summed E-state index contributed by atoms with van der Waals surface area (Å²) in [5, 5.41) is 9.84. The van der Waals surface area contributed by atoms with E-state index in [4.69, 9.17) is 0 Å². The van der Waals surface area contributed by atoms with Crippen LogP contribution in [0.1, 0.15) is 65.4 Å². The fourth-order valence-electron chi connectivity index (χ4n) is 6.90. The zero-order chi connectivity index (χ0) is 18.3. The molecular weight excluding hydrogens is 332 g/mol. The van der Waals surface area contributed by atoms with Crippen molar-refractivity contribution in [1.82, 2.24) is 0 Å². The summed E-state index contributed by atoms with van der Waals surface area (Å²) in [4.78, 5) is 0.364. The van der Waals surface area contributed by atoms with E-state index in [-0.39, 0.29) is 33.7 Å². The van der Waals surface area contributed by atoms with E-state index in [1.807, 2.05) is 6.07 Å². The van der Waals surface area contributed by atoms with Gasteiger partial charge in [-0.2, -0.15) is 0 Å². The third kappa shape index (κ3) is 2.25. The molecule has 138 valence electrons. The fourth-order valence-corrected chi connectivity index (χ4v) is 9.20. The molecule has 3 aliphatic rings. The van der Waals surface area contributed by atoms with Crippen molar-refractivity contribution in [1.29, 1.82) is 0 Å². The summed E-state index contributed by atoms with van der Waals surface area (Å²) >= 11 is 0. The summed E-state index contributed by atoms with van der Waals surface area (Å²) in [7, 11) is -3.36. The quantitative estimate of drug-likeness (QED) is 0.729. The number of benzene rings is 1. The number of aromatic hydroxyl groups is 1. The van der Waals surface area contributed by atoms with Gasteiger partial charge >= 0.3 is 0 Å². The SMILES string of the molecule is CC1(C)CCCC2(C)C1CCC1(C)c3ccc(O)cc3S(=O)(=O)CC12. The highest BCUT2D eigenvalue weighted by atomic mass is 32.2. The van der Waals surface area contributed by atoms with Crippen LogP contribution < -0.4 is 0 Å². The second kappa shape index (κ2) is 5.03. The zero-order valence-electron chi connectivity index (χ0n) is 15.8. The molecule has 1 aliphatic heterocycles. The minimum atomic E-state index is -3.36. The summed E-state index contributed by atoms with van der Waals surface area (Å²) in [6, 6.07) is 4.98. The molecule has 25 heavy (non-hydrogen) atoms. The Morgan fingerprint density at radius 2 is 1.76 bits per heavy atom. The third-order valence-corrected chi connectivity index (χ3v) is 9.88. The maximum atomic E-state index is 13.1. The molecule has 4 heteroatoms. The van der Waals surface area contributed by atoms with E-state index in [0.29, 0.717) is 10.8 Å². The van der Waals surface area contributed by atoms with Gasteiger partial charge in [0.15, 0.2) is 9.84 Å². The highest BCUT2D eigenvalue weighted by molar-refractivity contribution is 7.91. The van der Waals surface area contributed by atoms with Gasteiger partial charge in [-0.15, -0.1) is 0 Å². The van der Waals surface area contributed by atoms with Gasteiger partial charge in [0.25, 0.3) is 0 Å². The molecule has 0 saturated heterocycles. The van der Waals surface area contributed by atoms with Crippen LogP contribution in [0.5, 0.6) is 5.75 Å². The van der Waals surface area contributed by atoms with Crippen molar-refractivity contribution in [2.24, 2.45) is 22.7 Å². The zero-order valence-corrected chi connectivity index (χ0v) is 16.6. The summed E-state index contributed by atoms with van der Waals surface area (Å²) in [5.41, 5.74) is 1.17. The average Bonchev–Trinajstić information content (AvgIpc) is 2.49. The first-order valence-corrected chi connectivity index (χ1v) is 11.2. The molecular formula is C21H30O3S. The molecule has 3 nitrogen and oxygen atoms in total. The van der Waals surface area contributed by atoms with Crippen molar-refractivity contribution in [3.8, 4) is 5.75 Å². The first-order valence-electron chi connectivity index (χ1n) is 9.57. The molecule has 1 N–H and O–H groups in total. The van der Waals surface area contributed by atoms with Crippen molar-refractivity contribution in [2.45, 2.75) is 70.1 Å². The number of phenols is 1. The first kappa shape index (κ1) is 17.4. The van der Waals surface area contributed by atoms with Crippen LogP contribution >= 0.6 is 0 Å². The predicted octanol–water partition coefficient (Wildman–Crippen LogP) is 4.68. The van der Waals surface area contributed by atoms with Crippen molar-refractivity contribution in [3.05, 3.63) is 23.8 Å². The van der Waals surface area contributed by atoms with Crippen molar-refractivity contribution in [2.75, 3.05) is 5.75 Å². The van der Waals surface area contributed by atoms with E-state index >= 15 is 0 Å². The molecule has 4 rings (SSSR count). The van der Waals surface area contributed by atoms with Gasteiger partial charge in [-0.3, -0.25) is 0 Å². The van der Waals surface area contributed by atoms with E-state index in [0.717, 1.165) is 24.8 Å².